The molecule has 1 aliphatic carbocycles. The van der Waals surface area contributed by atoms with Crippen LogP contribution in [0, 0.1) is 18.8 Å². The molecule has 4 rings (SSSR count). The zero-order chi connectivity index (χ0) is 20.4. The van der Waals surface area contributed by atoms with E-state index in [1.165, 1.54) is 0 Å². The Bertz CT molecular complexity index is 981. The van der Waals surface area contributed by atoms with Gasteiger partial charge in [-0.15, -0.1) is 0 Å². The molecule has 6 heteroatoms. The zero-order valence-electron chi connectivity index (χ0n) is 16.9. The second kappa shape index (κ2) is 8.80. The topological polar surface area (TPSA) is 50.8 Å². The Hall–Kier alpha value is -1.98. The smallest absolute Gasteiger partial charge is 0.216 e. The molecule has 1 atom stereocenters. The minimum atomic E-state index is -0.347. The summed E-state index contributed by atoms with van der Waals surface area (Å²) in [5, 5.41) is 0.703. The fourth-order valence-corrected chi connectivity index (χ4v) is 4.83. The van der Waals surface area contributed by atoms with Gasteiger partial charge in [-0.1, -0.05) is 11.6 Å². The number of imidazole rings is 1. The highest BCUT2D eigenvalue weighted by Gasteiger charge is 2.32. The van der Waals surface area contributed by atoms with Crippen LogP contribution in [0.3, 0.4) is 0 Å². The highest BCUT2D eigenvalue weighted by atomic mass is 35.5. The average molecular weight is 416 g/mol. The number of halogens is 2. The predicted molar refractivity (Wildman–Crippen MR) is 114 cm³/mol. The number of aromatic nitrogens is 3. The van der Waals surface area contributed by atoms with E-state index in [1.807, 2.05) is 38.1 Å². The lowest BCUT2D eigenvalue weighted by atomic mass is 9.73. The van der Waals surface area contributed by atoms with Crippen molar-refractivity contribution in [1.29, 1.82) is 0 Å². The molecule has 1 aliphatic rings. The number of hydrogen-bond acceptors (Lipinski definition) is 3. The fraction of sp³-hybridized carbons (Fsp3) is 0.478. The molecule has 2 heterocycles. The van der Waals surface area contributed by atoms with Gasteiger partial charge in [-0.2, -0.15) is 4.39 Å². The molecule has 1 unspecified atom stereocenters. The van der Waals surface area contributed by atoms with E-state index in [0.717, 1.165) is 48.1 Å². The SMILES string of the molecule is CCOCC(c1nc2ccc(Cl)cc2[nH]1)C1CCC(c2ccnc(F)c2C)CC1. The molecule has 1 aromatic carbocycles. The Labute approximate surface area is 175 Å². The van der Waals surface area contributed by atoms with Crippen LogP contribution in [-0.2, 0) is 4.74 Å². The Kier molecular flexibility index (Phi) is 6.16. The van der Waals surface area contributed by atoms with E-state index in [-0.39, 0.29) is 11.9 Å². The minimum absolute atomic E-state index is 0.220. The summed E-state index contributed by atoms with van der Waals surface area (Å²) in [6.45, 7) is 5.20. The van der Waals surface area contributed by atoms with Crippen LogP contribution in [0.1, 0.15) is 61.4 Å². The van der Waals surface area contributed by atoms with Gasteiger partial charge in [-0.25, -0.2) is 9.97 Å². The highest BCUT2D eigenvalue weighted by molar-refractivity contribution is 6.31. The first-order valence-corrected chi connectivity index (χ1v) is 10.8. The number of nitrogens with zero attached hydrogens (tertiary/aromatic N) is 2. The number of pyridine rings is 1. The van der Waals surface area contributed by atoms with Crippen molar-refractivity contribution in [1.82, 2.24) is 15.0 Å². The van der Waals surface area contributed by atoms with Gasteiger partial charge in [0, 0.05) is 29.3 Å². The van der Waals surface area contributed by atoms with Crippen LogP contribution in [0.15, 0.2) is 30.5 Å². The Balaban J connectivity index is 1.53. The second-order valence-corrected chi connectivity index (χ2v) is 8.41. The number of ether oxygens (including phenoxy) is 1. The van der Waals surface area contributed by atoms with Gasteiger partial charge < -0.3 is 9.72 Å². The van der Waals surface area contributed by atoms with Crippen molar-refractivity contribution >= 4 is 22.6 Å². The quantitative estimate of drug-likeness (QED) is 0.491. The van der Waals surface area contributed by atoms with Gasteiger partial charge in [-0.3, -0.25) is 0 Å². The van der Waals surface area contributed by atoms with Crippen LogP contribution >= 0.6 is 11.6 Å². The maximum absolute atomic E-state index is 13.9. The first kappa shape index (κ1) is 20.3. The summed E-state index contributed by atoms with van der Waals surface area (Å²) in [6, 6.07) is 7.72. The highest BCUT2D eigenvalue weighted by Crippen LogP contribution is 2.42. The zero-order valence-corrected chi connectivity index (χ0v) is 17.7. The number of H-pyrrole nitrogens is 1. The van der Waals surface area contributed by atoms with Crippen LogP contribution in [0.25, 0.3) is 11.0 Å². The molecule has 3 aromatic rings. The summed E-state index contributed by atoms with van der Waals surface area (Å²) in [5.74, 6) is 1.73. The first-order valence-electron chi connectivity index (χ1n) is 10.4. The molecule has 1 N–H and O–H groups in total. The minimum Gasteiger partial charge on any atom is -0.381 e. The third-order valence-corrected chi connectivity index (χ3v) is 6.52. The number of rotatable bonds is 6. The van der Waals surface area contributed by atoms with Crippen LogP contribution < -0.4 is 0 Å². The van der Waals surface area contributed by atoms with Gasteiger partial charge >= 0.3 is 0 Å². The van der Waals surface area contributed by atoms with E-state index >= 15 is 0 Å². The fourth-order valence-electron chi connectivity index (χ4n) is 4.66. The van der Waals surface area contributed by atoms with E-state index in [2.05, 4.69) is 9.97 Å². The molecule has 0 radical (unpaired) electrons. The van der Waals surface area contributed by atoms with E-state index in [0.29, 0.717) is 35.6 Å². The average Bonchev–Trinajstić information content (AvgIpc) is 3.14. The number of benzene rings is 1. The molecular weight excluding hydrogens is 389 g/mol. The van der Waals surface area contributed by atoms with Crippen molar-refractivity contribution < 1.29 is 9.13 Å². The largest absolute Gasteiger partial charge is 0.381 e. The molecule has 2 aromatic heterocycles. The lowest BCUT2D eigenvalue weighted by molar-refractivity contribution is 0.101. The van der Waals surface area contributed by atoms with E-state index in [1.54, 1.807) is 6.20 Å². The van der Waals surface area contributed by atoms with Gasteiger partial charge in [0.25, 0.3) is 0 Å². The van der Waals surface area contributed by atoms with Crippen LogP contribution in [0.5, 0.6) is 0 Å². The molecule has 1 fully saturated rings. The third-order valence-electron chi connectivity index (χ3n) is 6.28. The summed E-state index contributed by atoms with van der Waals surface area (Å²) in [6.07, 6.45) is 5.82. The van der Waals surface area contributed by atoms with Gasteiger partial charge in [-0.05, 0) is 81.2 Å². The van der Waals surface area contributed by atoms with Crippen LogP contribution in [0.4, 0.5) is 4.39 Å². The summed E-state index contributed by atoms with van der Waals surface area (Å²) in [4.78, 5) is 12.1. The molecular formula is C23H27ClFN3O. The predicted octanol–water partition coefficient (Wildman–Crippen LogP) is 6.15. The molecule has 29 heavy (non-hydrogen) atoms. The second-order valence-electron chi connectivity index (χ2n) is 7.98. The Morgan fingerprint density at radius 1 is 1.24 bits per heavy atom. The number of nitrogens with one attached hydrogen (secondary N) is 1. The molecule has 154 valence electrons. The molecule has 0 bridgehead atoms. The van der Waals surface area contributed by atoms with Crippen molar-refractivity contribution in [2.24, 2.45) is 5.92 Å². The lowest BCUT2D eigenvalue weighted by Gasteiger charge is -2.33. The lowest BCUT2D eigenvalue weighted by Crippen LogP contribution is -2.24. The summed E-state index contributed by atoms with van der Waals surface area (Å²) >= 11 is 6.13. The van der Waals surface area contributed by atoms with Crippen molar-refractivity contribution in [2.45, 2.75) is 51.4 Å². The molecule has 0 spiro atoms. The molecule has 0 saturated heterocycles. The molecule has 4 nitrogen and oxygen atoms in total. The molecule has 0 aliphatic heterocycles. The maximum atomic E-state index is 13.9. The number of hydrogen-bond donors (Lipinski definition) is 1. The van der Waals surface area contributed by atoms with Crippen molar-refractivity contribution in [3.63, 3.8) is 0 Å². The van der Waals surface area contributed by atoms with Gasteiger partial charge in [0.05, 0.1) is 17.6 Å². The summed E-state index contributed by atoms with van der Waals surface area (Å²) < 4.78 is 19.7. The molecule has 1 saturated carbocycles. The molecule has 0 amide bonds. The number of aromatic amines is 1. The number of fused-ring (bicyclic) bond motifs is 1. The summed E-state index contributed by atoms with van der Waals surface area (Å²) in [5.41, 5.74) is 3.69. The third kappa shape index (κ3) is 4.31. The normalized spacial score (nSPS) is 20.8. The van der Waals surface area contributed by atoms with Crippen molar-refractivity contribution in [3.05, 3.63) is 58.4 Å². The van der Waals surface area contributed by atoms with Gasteiger partial charge in [0.1, 0.15) is 5.82 Å². The Morgan fingerprint density at radius 2 is 2.03 bits per heavy atom. The van der Waals surface area contributed by atoms with Gasteiger partial charge in [0.2, 0.25) is 5.95 Å². The van der Waals surface area contributed by atoms with Crippen LogP contribution in [-0.4, -0.2) is 28.2 Å². The van der Waals surface area contributed by atoms with Crippen molar-refractivity contribution in [2.75, 3.05) is 13.2 Å². The first-order chi connectivity index (χ1) is 14.1. The van der Waals surface area contributed by atoms with Crippen molar-refractivity contribution in [3.8, 4) is 0 Å². The monoisotopic (exact) mass is 415 g/mol. The maximum Gasteiger partial charge on any atom is 0.216 e. The Morgan fingerprint density at radius 3 is 2.79 bits per heavy atom. The standard InChI is InChI=1S/C23H27ClFN3O/c1-3-29-13-19(23-27-20-9-8-17(24)12-21(20)28-23)16-6-4-15(5-7-16)18-10-11-26-22(25)14(18)2/h8-12,15-16,19H,3-7,13H2,1-2H3,(H,27,28). The van der Waals surface area contributed by atoms with E-state index in [4.69, 9.17) is 21.3 Å². The van der Waals surface area contributed by atoms with E-state index in [9.17, 15) is 4.39 Å². The van der Waals surface area contributed by atoms with E-state index < -0.39 is 0 Å². The van der Waals surface area contributed by atoms with Gasteiger partial charge in [0.15, 0.2) is 0 Å². The van der Waals surface area contributed by atoms with Crippen LogP contribution in [0.2, 0.25) is 5.02 Å². The summed E-state index contributed by atoms with van der Waals surface area (Å²) in [7, 11) is 0.